The van der Waals surface area contributed by atoms with Crippen molar-refractivity contribution >= 4 is 11.8 Å². The highest BCUT2D eigenvalue weighted by atomic mass is 19.4. The van der Waals surface area contributed by atoms with E-state index in [4.69, 9.17) is 0 Å². The van der Waals surface area contributed by atoms with E-state index in [1.165, 1.54) is 23.1 Å². The third-order valence-corrected chi connectivity index (χ3v) is 4.95. The molecule has 156 valence electrons. The summed E-state index contributed by atoms with van der Waals surface area (Å²) in [5.74, 6) is -0.344. The predicted molar refractivity (Wildman–Crippen MR) is 99.6 cm³/mol. The molecule has 1 fully saturated rings. The van der Waals surface area contributed by atoms with E-state index in [9.17, 15) is 22.8 Å². The lowest BCUT2D eigenvalue weighted by atomic mass is 10.1. The van der Waals surface area contributed by atoms with Crippen molar-refractivity contribution in [1.29, 1.82) is 0 Å². The summed E-state index contributed by atoms with van der Waals surface area (Å²) in [6.07, 6.45) is -2.32. The van der Waals surface area contributed by atoms with Crippen LogP contribution in [0.5, 0.6) is 0 Å². The van der Waals surface area contributed by atoms with Crippen LogP contribution in [0, 0.1) is 6.92 Å². The number of aryl methyl sites for hydroxylation is 2. The van der Waals surface area contributed by atoms with Gasteiger partial charge in [-0.2, -0.15) is 18.3 Å². The van der Waals surface area contributed by atoms with Crippen molar-refractivity contribution in [3.05, 3.63) is 53.3 Å². The molecule has 1 aromatic carbocycles. The van der Waals surface area contributed by atoms with E-state index < -0.39 is 11.7 Å². The van der Waals surface area contributed by atoms with Gasteiger partial charge in [-0.05, 0) is 24.6 Å². The molecule has 9 heteroatoms. The quantitative estimate of drug-likeness (QED) is 0.765. The summed E-state index contributed by atoms with van der Waals surface area (Å²) >= 11 is 0. The van der Waals surface area contributed by atoms with Crippen LogP contribution in [0.4, 0.5) is 13.2 Å². The summed E-state index contributed by atoms with van der Waals surface area (Å²) in [4.78, 5) is 27.9. The molecule has 6 nitrogen and oxygen atoms in total. The number of halogens is 3. The number of hydrogen-bond donors (Lipinski definition) is 0. The second-order valence-corrected chi connectivity index (χ2v) is 7.07. The van der Waals surface area contributed by atoms with Crippen molar-refractivity contribution in [3.63, 3.8) is 0 Å². The van der Waals surface area contributed by atoms with Crippen molar-refractivity contribution in [2.45, 2.75) is 39.0 Å². The molecule has 0 radical (unpaired) electrons. The molecular weight excluding hydrogens is 385 g/mol. The molecule has 0 bridgehead atoms. The summed E-state index contributed by atoms with van der Waals surface area (Å²) in [5, 5.41) is 4.24. The first-order valence-corrected chi connectivity index (χ1v) is 9.45. The summed E-state index contributed by atoms with van der Waals surface area (Å²) in [7, 11) is 0. The number of nitrogens with zero attached hydrogens (tertiary/aromatic N) is 4. The Morgan fingerprint density at radius 1 is 1.14 bits per heavy atom. The minimum atomic E-state index is -4.47. The van der Waals surface area contributed by atoms with E-state index in [2.05, 4.69) is 5.10 Å². The van der Waals surface area contributed by atoms with Gasteiger partial charge in [-0.15, -0.1) is 0 Å². The summed E-state index contributed by atoms with van der Waals surface area (Å²) in [6, 6.07) is 7.12. The number of rotatable bonds is 5. The standard InChI is InChI=1S/C20H23F3N4O2/c1-15-6-10-27(24-15)11-8-18(28)25-9-7-19(29)26(13-12-25)14-16-4-2-3-5-17(16)20(21,22)23/h2-6,10H,7-9,11-14H2,1H3. The Hall–Kier alpha value is -2.84. The largest absolute Gasteiger partial charge is 0.416 e. The van der Waals surface area contributed by atoms with Crippen molar-refractivity contribution in [2.75, 3.05) is 19.6 Å². The van der Waals surface area contributed by atoms with Crippen LogP contribution in [-0.4, -0.2) is 51.0 Å². The highest BCUT2D eigenvalue weighted by Crippen LogP contribution is 2.32. The zero-order valence-corrected chi connectivity index (χ0v) is 16.2. The molecule has 2 amide bonds. The fraction of sp³-hybridized carbons (Fsp3) is 0.450. The fourth-order valence-corrected chi connectivity index (χ4v) is 3.38. The van der Waals surface area contributed by atoms with Gasteiger partial charge in [0.05, 0.1) is 11.3 Å². The molecule has 0 atom stereocenters. The predicted octanol–water partition coefficient (Wildman–Crippen LogP) is 2.86. The molecule has 0 N–H and O–H groups in total. The maximum atomic E-state index is 13.2. The molecule has 1 aliphatic heterocycles. The number of hydrogen-bond acceptors (Lipinski definition) is 3. The van der Waals surface area contributed by atoms with Gasteiger partial charge >= 0.3 is 6.18 Å². The van der Waals surface area contributed by atoms with E-state index in [1.54, 1.807) is 15.8 Å². The van der Waals surface area contributed by atoms with Crippen LogP contribution in [0.3, 0.4) is 0 Å². The van der Waals surface area contributed by atoms with Gasteiger partial charge < -0.3 is 9.80 Å². The second kappa shape index (κ2) is 8.67. The molecule has 0 saturated carbocycles. The summed E-state index contributed by atoms with van der Waals surface area (Å²) < 4.78 is 41.3. The molecule has 29 heavy (non-hydrogen) atoms. The Balaban J connectivity index is 1.61. The minimum Gasteiger partial charge on any atom is -0.340 e. The lowest BCUT2D eigenvalue weighted by Crippen LogP contribution is -2.36. The van der Waals surface area contributed by atoms with Gasteiger partial charge in [-0.1, -0.05) is 18.2 Å². The number of alkyl halides is 3. The monoisotopic (exact) mass is 408 g/mol. The Kier molecular flexibility index (Phi) is 6.24. The lowest BCUT2D eigenvalue weighted by molar-refractivity contribution is -0.139. The van der Waals surface area contributed by atoms with Crippen molar-refractivity contribution in [3.8, 4) is 0 Å². The average Bonchev–Trinajstić information content (AvgIpc) is 3.00. The first-order valence-electron chi connectivity index (χ1n) is 9.45. The zero-order valence-electron chi connectivity index (χ0n) is 16.2. The SMILES string of the molecule is Cc1ccn(CCC(=O)N2CCC(=O)N(Cc3ccccc3C(F)(F)F)CC2)n1. The van der Waals surface area contributed by atoms with Gasteiger partial charge in [0.2, 0.25) is 11.8 Å². The van der Waals surface area contributed by atoms with Gasteiger partial charge in [0.25, 0.3) is 0 Å². The number of aromatic nitrogens is 2. The number of amides is 2. The Bertz CT molecular complexity index is 879. The molecule has 0 spiro atoms. The molecule has 2 heterocycles. The van der Waals surface area contributed by atoms with Gasteiger partial charge in [-0.25, -0.2) is 0 Å². The maximum Gasteiger partial charge on any atom is 0.416 e. The molecule has 0 unspecified atom stereocenters. The zero-order chi connectivity index (χ0) is 21.0. The molecule has 0 aliphatic carbocycles. The first-order chi connectivity index (χ1) is 13.7. The van der Waals surface area contributed by atoms with Crippen molar-refractivity contribution < 1.29 is 22.8 Å². The van der Waals surface area contributed by atoms with Crippen molar-refractivity contribution in [1.82, 2.24) is 19.6 Å². The number of carbonyl (C=O) groups excluding carboxylic acids is 2. The van der Waals surface area contributed by atoms with Gasteiger partial charge in [0, 0.05) is 51.8 Å². The van der Waals surface area contributed by atoms with Gasteiger partial charge in [-0.3, -0.25) is 14.3 Å². The Morgan fingerprint density at radius 2 is 1.90 bits per heavy atom. The normalized spacial score (nSPS) is 15.5. The highest BCUT2D eigenvalue weighted by Gasteiger charge is 2.34. The van der Waals surface area contributed by atoms with Crippen LogP contribution in [0.2, 0.25) is 0 Å². The highest BCUT2D eigenvalue weighted by molar-refractivity contribution is 5.80. The van der Waals surface area contributed by atoms with E-state index in [0.29, 0.717) is 13.1 Å². The van der Waals surface area contributed by atoms with Gasteiger partial charge in [0.15, 0.2) is 0 Å². The van der Waals surface area contributed by atoms with Crippen LogP contribution >= 0.6 is 0 Å². The molecule has 2 aromatic rings. The fourth-order valence-electron chi connectivity index (χ4n) is 3.38. The summed E-state index contributed by atoms with van der Waals surface area (Å²) in [5.41, 5.74) is 0.189. The van der Waals surface area contributed by atoms with Crippen LogP contribution in [0.25, 0.3) is 0 Å². The van der Waals surface area contributed by atoms with E-state index in [0.717, 1.165) is 11.8 Å². The van der Waals surface area contributed by atoms with E-state index in [1.807, 2.05) is 13.0 Å². The molecule has 3 rings (SSSR count). The topological polar surface area (TPSA) is 58.4 Å². The van der Waals surface area contributed by atoms with Crippen LogP contribution < -0.4 is 0 Å². The number of benzene rings is 1. The second-order valence-electron chi connectivity index (χ2n) is 7.07. The summed E-state index contributed by atoms with van der Waals surface area (Å²) in [6.45, 7) is 2.97. The Morgan fingerprint density at radius 3 is 2.59 bits per heavy atom. The Labute approximate surface area is 166 Å². The van der Waals surface area contributed by atoms with E-state index in [-0.39, 0.29) is 49.9 Å². The smallest absolute Gasteiger partial charge is 0.340 e. The van der Waals surface area contributed by atoms with Crippen LogP contribution in [0.1, 0.15) is 29.7 Å². The van der Waals surface area contributed by atoms with Crippen molar-refractivity contribution in [2.24, 2.45) is 0 Å². The number of carbonyl (C=O) groups is 2. The third-order valence-electron chi connectivity index (χ3n) is 4.95. The third kappa shape index (κ3) is 5.36. The molecule has 1 aromatic heterocycles. The average molecular weight is 408 g/mol. The molecule has 1 saturated heterocycles. The van der Waals surface area contributed by atoms with E-state index >= 15 is 0 Å². The van der Waals surface area contributed by atoms with Crippen LogP contribution in [0.15, 0.2) is 36.5 Å². The first kappa shape index (κ1) is 20.9. The maximum absolute atomic E-state index is 13.2. The molecule has 1 aliphatic rings. The lowest BCUT2D eigenvalue weighted by Gasteiger charge is -2.24. The van der Waals surface area contributed by atoms with Crippen LogP contribution in [-0.2, 0) is 28.9 Å². The van der Waals surface area contributed by atoms with Gasteiger partial charge in [0.1, 0.15) is 0 Å². The minimum absolute atomic E-state index is 0.0576. The molecular formula is C20H23F3N4O2.